The lowest BCUT2D eigenvalue weighted by molar-refractivity contribution is -0.116. The molecule has 3 aromatic heterocycles. The Morgan fingerprint density at radius 1 is 1.32 bits per heavy atom. The summed E-state index contributed by atoms with van der Waals surface area (Å²) >= 11 is 0. The Kier molecular flexibility index (Phi) is 5.12. The van der Waals surface area contributed by atoms with Crippen molar-refractivity contribution in [3.63, 3.8) is 0 Å². The molecule has 3 aromatic rings. The van der Waals surface area contributed by atoms with Crippen LogP contribution in [-0.4, -0.2) is 32.6 Å². The molecule has 1 aliphatic heterocycles. The second-order valence-corrected chi connectivity index (χ2v) is 6.93. The van der Waals surface area contributed by atoms with Crippen molar-refractivity contribution in [1.29, 1.82) is 0 Å². The second-order valence-electron chi connectivity index (χ2n) is 6.93. The van der Waals surface area contributed by atoms with E-state index in [2.05, 4.69) is 30.7 Å². The number of aromatic nitrogens is 4. The Labute approximate surface area is 162 Å². The summed E-state index contributed by atoms with van der Waals surface area (Å²) in [4.78, 5) is 25.3. The fraction of sp³-hybridized carbons (Fsp3) is 0.350. The molecule has 1 amide bonds. The van der Waals surface area contributed by atoms with Crippen LogP contribution in [0.1, 0.15) is 34.7 Å². The lowest BCUT2D eigenvalue weighted by Gasteiger charge is -2.19. The Bertz CT molecular complexity index is 1010. The smallest absolute Gasteiger partial charge is 0.227 e. The van der Waals surface area contributed by atoms with Gasteiger partial charge in [-0.2, -0.15) is 4.98 Å². The van der Waals surface area contributed by atoms with E-state index >= 15 is 0 Å². The maximum atomic E-state index is 12.2. The first-order valence-electron chi connectivity index (χ1n) is 9.33. The summed E-state index contributed by atoms with van der Waals surface area (Å²) in [6.45, 7) is 5.62. The van der Waals surface area contributed by atoms with Crippen molar-refractivity contribution in [2.75, 3.05) is 11.9 Å². The molecule has 144 valence electrons. The van der Waals surface area contributed by atoms with E-state index < -0.39 is 0 Å². The number of fused-ring (bicyclic) bond motifs is 1. The fourth-order valence-corrected chi connectivity index (χ4v) is 3.36. The molecular formula is C20H22N6O2. The maximum absolute atomic E-state index is 12.2. The minimum absolute atomic E-state index is 0.140. The second kappa shape index (κ2) is 7.85. The predicted molar refractivity (Wildman–Crippen MR) is 104 cm³/mol. The molecule has 4 heterocycles. The van der Waals surface area contributed by atoms with Gasteiger partial charge in [-0.15, -0.1) is 0 Å². The Morgan fingerprint density at radius 2 is 2.21 bits per heavy atom. The van der Waals surface area contributed by atoms with E-state index in [4.69, 9.17) is 4.52 Å². The largest absolute Gasteiger partial charge is 0.339 e. The van der Waals surface area contributed by atoms with Crippen LogP contribution in [-0.2, 0) is 24.2 Å². The predicted octanol–water partition coefficient (Wildman–Crippen LogP) is 2.36. The van der Waals surface area contributed by atoms with Gasteiger partial charge in [-0.05, 0) is 55.6 Å². The number of pyridine rings is 2. The highest BCUT2D eigenvalue weighted by atomic mass is 16.5. The number of hydrogen-bond donors (Lipinski definition) is 2. The molecule has 0 saturated carbocycles. The zero-order valence-electron chi connectivity index (χ0n) is 16.0. The van der Waals surface area contributed by atoms with Gasteiger partial charge < -0.3 is 15.2 Å². The van der Waals surface area contributed by atoms with Crippen LogP contribution in [0.4, 0.5) is 5.82 Å². The molecule has 0 aliphatic carbocycles. The third-order valence-electron chi connectivity index (χ3n) is 4.77. The van der Waals surface area contributed by atoms with Gasteiger partial charge in [-0.1, -0.05) is 5.16 Å². The number of anilines is 1. The average molecular weight is 378 g/mol. The van der Waals surface area contributed by atoms with Crippen molar-refractivity contribution in [2.24, 2.45) is 0 Å². The first-order valence-corrected chi connectivity index (χ1v) is 9.33. The Morgan fingerprint density at radius 3 is 3.07 bits per heavy atom. The number of nitrogens with one attached hydrogen (secondary N) is 2. The topological polar surface area (TPSA) is 106 Å². The van der Waals surface area contributed by atoms with Gasteiger partial charge in [0, 0.05) is 43.0 Å². The molecule has 0 fully saturated rings. The number of nitrogens with zero attached hydrogens (tertiary/aromatic N) is 4. The first-order chi connectivity index (χ1) is 13.6. The number of rotatable bonds is 5. The van der Waals surface area contributed by atoms with E-state index in [1.165, 1.54) is 11.1 Å². The zero-order valence-corrected chi connectivity index (χ0v) is 16.0. The molecule has 0 unspecified atom stereocenters. The van der Waals surface area contributed by atoms with Crippen molar-refractivity contribution in [1.82, 2.24) is 25.4 Å². The molecule has 0 bridgehead atoms. The minimum atomic E-state index is -0.140. The van der Waals surface area contributed by atoms with Gasteiger partial charge in [0.1, 0.15) is 5.82 Å². The highest BCUT2D eigenvalue weighted by Gasteiger charge is 2.21. The molecule has 2 N–H and O–H groups in total. The minimum Gasteiger partial charge on any atom is -0.339 e. The number of carbonyl (C=O) groups excluding carboxylic acids is 1. The molecule has 8 heteroatoms. The fourth-order valence-electron chi connectivity index (χ4n) is 3.36. The molecule has 0 radical (unpaired) electrons. The van der Waals surface area contributed by atoms with Gasteiger partial charge in [0.05, 0.1) is 0 Å². The van der Waals surface area contributed by atoms with Gasteiger partial charge in [0.2, 0.25) is 17.6 Å². The van der Waals surface area contributed by atoms with Crippen molar-refractivity contribution >= 4 is 11.7 Å². The summed E-state index contributed by atoms with van der Waals surface area (Å²) in [5.74, 6) is 1.38. The van der Waals surface area contributed by atoms with Crippen LogP contribution in [0, 0.1) is 13.8 Å². The van der Waals surface area contributed by atoms with Gasteiger partial charge in [-0.3, -0.25) is 9.78 Å². The quantitative estimate of drug-likeness (QED) is 0.702. The highest BCUT2D eigenvalue weighted by molar-refractivity contribution is 5.89. The lowest BCUT2D eigenvalue weighted by Crippen LogP contribution is -2.24. The molecule has 0 saturated heterocycles. The molecule has 0 atom stereocenters. The number of carbonyl (C=O) groups is 1. The maximum Gasteiger partial charge on any atom is 0.227 e. The van der Waals surface area contributed by atoms with E-state index in [9.17, 15) is 4.79 Å². The summed E-state index contributed by atoms with van der Waals surface area (Å²) in [6, 6.07) is 3.71. The number of aryl methyl sites for hydroxylation is 3. The summed E-state index contributed by atoms with van der Waals surface area (Å²) < 4.78 is 5.38. The van der Waals surface area contributed by atoms with Crippen LogP contribution < -0.4 is 10.6 Å². The van der Waals surface area contributed by atoms with E-state index in [-0.39, 0.29) is 12.3 Å². The highest BCUT2D eigenvalue weighted by Crippen LogP contribution is 2.28. The van der Waals surface area contributed by atoms with E-state index in [0.29, 0.717) is 24.0 Å². The Balaban J connectivity index is 1.45. The standard InChI is InChI=1S/C20H22N6O2/c1-12-5-8-22-16(9-12)24-17(27)3-4-18-25-20(26-28-18)19-13(2)23-11-14-10-21-7-6-15(14)19/h5,8-9,11,21H,3-4,6-7,10H2,1-2H3,(H,22,24,27). The van der Waals surface area contributed by atoms with Crippen LogP contribution in [0.25, 0.3) is 11.4 Å². The van der Waals surface area contributed by atoms with E-state index in [1.807, 2.05) is 32.2 Å². The number of hydrogen-bond acceptors (Lipinski definition) is 7. The average Bonchev–Trinajstić information content (AvgIpc) is 3.15. The monoisotopic (exact) mass is 378 g/mol. The normalized spacial score (nSPS) is 13.2. The van der Waals surface area contributed by atoms with Crippen LogP contribution in [0.3, 0.4) is 0 Å². The van der Waals surface area contributed by atoms with Crippen molar-refractivity contribution in [3.05, 3.63) is 52.8 Å². The number of amides is 1. The molecule has 0 spiro atoms. The summed E-state index contributed by atoms with van der Waals surface area (Å²) in [7, 11) is 0. The summed E-state index contributed by atoms with van der Waals surface area (Å²) in [6.07, 6.45) is 5.09. The summed E-state index contributed by atoms with van der Waals surface area (Å²) in [5.41, 5.74) is 5.26. The van der Waals surface area contributed by atoms with Gasteiger partial charge in [-0.25, -0.2) is 4.98 Å². The van der Waals surface area contributed by atoms with Crippen molar-refractivity contribution in [2.45, 2.75) is 39.7 Å². The molecule has 0 aromatic carbocycles. The van der Waals surface area contributed by atoms with Crippen molar-refractivity contribution in [3.8, 4) is 11.4 Å². The van der Waals surface area contributed by atoms with Gasteiger partial charge in [0.25, 0.3) is 0 Å². The van der Waals surface area contributed by atoms with E-state index in [0.717, 1.165) is 36.3 Å². The van der Waals surface area contributed by atoms with Crippen molar-refractivity contribution < 1.29 is 9.32 Å². The lowest BCUT2D eigenvalue weighted by atomic mass is 9.95. The molecule has 8 nitrogen and oxygen atoms in total. The molecule has 28 heavy (non-hydrogen) atoms. The van der Waals surface area contributed by atoms with Gasteiger partial charge >= 0.3 is 0 Å². The molecule has 4 rings (SSSR count). The van der Waals surface area contributed by atoms with E-state index in [1.54, 1.807) is 6.20 Å². The third-order valence-corrected chi connectivity index (χ3v) is 4.77. The molecule has 1 aliphatic rings. The van der Waals surface area contributed by atoms with Crippen LogP contribution in [0.5, 0.6) is 0 Å². The zero-order chi connectivity index (χ0) is 19.5. The van der Waals surface area contributed by atoms with Crippen LogP contribution in [0.15, 0.2) is 29.0 Å². The Hall–Kier alpha value is -3.13. The van der Waals surface area contributed by atoms with Crippen LogP contribution in [0.2, 0.25) is 0 Å². The SMILES string of the molecule is Cc1ccnc(NC(=O)CCc2nc(-c3c(C)ncc4c3CCNC4)no2)c1. The third kappa shape index (κ3) is 3.91. The first kappa shape index (κ1) is 18.2. The summed E-state index contributed by atoms with van der Waals surface area (Å²) in [5, 5.41) is 10.3. The van der Waals surface area contributed by atoms with Crippen LogP contribution >= 0.6 is 0 Å². The molecular weight excluding hydrogens is 356 g/mol. The van der Waals surface area contributed by atoms with Gasteiger partial charge in [0.15, 0.2) is 0 Å².